The predicted molar refractivity (Wildman–Crippen MR) is 131 cm³/mol. The zero-order chi connectivity index (χ0) is 22.6. The monoisotopic (exact) mass is 512 g/mol. The van der Waals surface area contributed by atoms with E-state index in [1.807, 2.05) is 98.8 Å². The maximum Gasteiger partial charge on any atom is 0.361 e. The standard InChI is InChI=1S/C26H26BrO4P/c1-3-29-32(28,30-4-2)24-19-26(21-11-7-5-8-12-21,22-13-9-6-10-14-22)31-25(24)20-15-17-23(27)18-16-20/h5-18H,3-4,19H2,1-2H3. The lowest BCUT2D eigenvalue weighted by Crippen LogP contribution is -2.27. The summed E-state index contributed by atoms with van der Waals surface area (Å²) in [6.07, 6.45) is 0.365. The first kappa shape index (κ1) is 23.0. The van der Waals surface area contributed by atoms with Crippen LogP contribution in [0.3, 0.4) is 0 Å². The number of hydrogen-bond acceptors (Lipinski definition) is 4. The van der Waals surface area contributed by atoms with Crippen LogP contribution in [0.4, 0.5) is 0 Å². The van der Waals surface area contributed by atoms with Gasteiger partial charge >= 0.3 is 7.60 Å². The fraction of sp³-hybridized carbons (Fsp3) is 0.231. The van der Waals surface area contributed by atoms with Crippen LogP contribution in [0.2, 0.25) is 0 Å². The highest BCUT2D eigenvalue weighted by molar-refractivity contribution is 9.10. The lowest BCUT2D eigenvalue weighted by molar-refractivity contribution is 0.100. The van der Waals surface area contributed by atoms with Gasteiger partial charge in [-0.05, 0) is 26.0 Å². The predicted octanol–water partition coefficient (Wildman–Crippen LogP) is 7.75. The molecule has 0 aromatic heterocycles. The molecule has 0 spiro atoms. The largest absolute Gasteiger partial charge is 0.476 e. The zero-order valence-electron chi connectivity index (χ0n) is 18.2. The van der Waals surface area contributed by atoms with Crippen molar-refractivity contribution in [2.24, 2.45) is 0 Å². The van der Waals surface area contributed by atoms with Crippen LogP contribution in [-0.2, 0) is 24.0 Å². The molecule has 1 aliphatic heterocycles. The van der Waals surface area contributed by atoms with Crippen LogP contribution in [0.5, 0.6) is 0 Å². The molecule has 4 nitrogen and oxygen atoms in total. The van der Waals surface area contributed by atoms with Crippen molar-refractivity contribution in [2.75, 3.05) is 13.2 Å². The van der Waals surface area contributed by atoms with Gasteiger partial charge in [0.05, 0.1) is 18.5 Å². The van der Waals surface area contributed by atoms with E-state index < -0.39 is 13.2 Å². The van der Waals surface area contributed by atoms with Crippen molar-refractivity contribution in [3.8, 4) is 0 Å². The molecule has 0 fully saturated rings. The number of benzene rings is 3. The van der Waals surface area contributed by atoms with Gasteiger partial charge in [0.15, 0.2) is 5.60 Å². The maximum absolute atomic E-state index is 14.0. The van der Waals surface area contributed by atoms with E-state index in [4.69, 9.17) is 13.8 Å². The Kier molecular flexibility index (Phi) is 7.02. The van der Waals surface area contributed by atoms with Crippen LogP contribution in [0.1, 0.15) is 37.0 Å². The van der Waals surface area contributed by atoms with Crippen LogP contribution in [0.25, 0.3) is 5.76 Å². The first-order valence-corrected chi connectivity index (χ1v) is 13.0. The summed E-state index contributed by atoms with van der Waals surface area (Å²) in [7, 11) is -3.58. The molecule has 6 heteroatoms. The number of rotatable bonds is 8. The second kappa shape index (κ2) is 9.76. The highest BCUT2D eigenvalue weighted by Gasteiger charge is 2.50. The molecule has 32 heavy (non-hydrogen) atoms. The molecule has 0 amide bonds. The van der Waals surface area contributed by atoms with E-state index in [0.717, 1.165) is 21.2 Å². The van der Waals surface area contributed by atoms with Gasteiger partial charge in [-0.2, -0.15) is 0 Å². The van der Waals surface area contributed by atoms with Crippen molar-refractivity contribution >= 4 is 29.3 Å². The third kappa shape index (κ3) is 4.35. The Hall–Kier alpha value is -2.17. The van der Waals surface area contributed by atoms with Gasteiger partial charge in [-0.1, -0.05) is 88.7 Å². The smallest absolute Gasteiger partial charge is 0.361 e. The Morgan fingerprint density at radius 2 is 1.34 bits per heavy atom. The van der Waals surface area contributed by atoms with Crippen LogP contribution >= 0.6 is 23.5 Å². The van der Waals surface area contributed by atoms with Gasteiger partial charge in [0.25, 0.3) is 0 Å². The van der Waals surface area contributed by atoms with Crippen molar-refractivity contribution in [3.63, 3.8) is 0 Å². The molecule has 0 N–H and O–H groups in total. The fourth-order valence-corrected chi connectivity index (χ4v) is 6.24. The number of hydrogen-bond donors (Lipinski definition) is 0. The van der Waals surface area contributed by atoms with Gasteiger partial charge in [-0.3, -0.25) is 4.57 Å². The Bertz CT molecular complexity index is 1080. The van der Waals surface area contributed by atoms with E-state index in [9.17, 15) is 4.57 Å². The fourth-order valence-electron chi connectivity index (χ4n) is 4.07. The van der Waals surface area contributed by atoms with Gasteiger partial charge in [-0.15, -0.1) is 0 Å². The van der Waals surface area contributed by atoms with Crippen molar-refractivity contribution in [3.05, 3.63) is 111 Å². The molecular formula is C26H26BrO4P. The highest BCUT2D eigenvalue weighted by Crippen LogP contribution is 2.66. The van der Waals surface area contributed by atoms with Crippen molar-refractivity contribution in [2.45, 2.75) is 25.9 Å². The van der Waals surface area contributed by atoms with E-state index in [1.165, 1.54) is 0 Å². The Morgan fingerprint density at radius 3 is 1.81 bits per heavy atom. The maximum atomic E-state index is 14.0. The highest BCUT2D eigenvalue weighted by atomic mass is 79.9. The van der Waals surface area contributed by atoms with Crippen LogP contribution < -0.4 is 0 Å². The molecular weight excluding hydrogens is 487 g/mol. The molecule has 3 aromatic rings. The third-order valence-corrected chi connectivity index (χ3v) is 8.22. The van der Waals surface area contributed by atoms with E-state index in [2.05, 4.69) is 15.9 Å². The molecule has 3 aromatic carbocycles. The second-order valence-corrected chi connectivity index (χ2v) is 10.4. The quantitative estimate of drug-likeness (QED) is 0.289. The minimum atomic E-state index is -3.58. The summed E-state index contributed by atoms with van der Waals surface area (Å²) >= 11 is 3.49. The van der Waals surface area contributed by atoms with Crippen LogP contribution in [-0.4, -0.2) is 13.2 Å². The summed E-state index contributed by atoms with van der Waals surface area (Å²) in [5, 5.41) is 0.566. The average Bonchev–Trinajstić information content (AvgIpc) is 3.24. The summed E-state index contributed by atoms with van der Waals surface area (Å²) in [6, 6.07) is 27.9. The van der Waals surface area contributed by atoms with Crippen LogP contribution in [0, 0.1) is 0 Å². The van der Waals surface area contributed by atoms with Gasteiger partial charge in [-0.25, -0.2) is 0 Å². The van der Waals surface area contributed by atoms with E-state index in [0.29, 0.717) is 17.5 Å². The van der Waals surface area contributed by atoms with E-state index in [1.54, 1.807) is 0 Å². The van der Waals surface area contributed by atoms with E-state index >= 15 is 0 Å². The first-order chi connectivity index (χ1) is 15.5. The molecule has 1 heterocycles. The summed E-state index contributed by atoms with van der Waals surface area (Å²) in [5.74, 6) is 0.551. The number of ether oxygens (including phenoxy) is 1. The molecule has 0 radical (unpaired) electrons. The topological polar surface area (TPSA) is 44.8 Å². The lowest BCUT2D eigenvalue weighted by atomic mass is 9.84. The molecule has 0 aliphatic carbocycles. The lowest BCUT2D eigenvalue weighted by Gasteiger charge is -2.31. The minimum Gasteiger partial charge on any atom is -0.476 e. The SMILES string of the molecule is CCOP(=O)(OCC)C1=C(c2ccc(Br)cc2)OC(c2ccccc2)(c2ccccc2)C1. The molecule has 0 saturated heterocycles. The Balaban J connectivity index is 1.94. The molecule has 0 saturated carbocycles. The molecule has 0 bridgehead atoms. The van der Waals surface area contributed by atoms with Gasteiger partial charge < -0.3 is 13.8 Å². The van der Waals surface area contributed by atoms with Crippen molar-refractivity contribution in [1.82, 2.24) is 0 Å². The van der Waals surface area contributed by atoms with E-state index in [-0.39, 0.29) is 13.2 Å². The first-order valence-electron chi connectivity index (χ1n) is 10.7. The molecule has 166 valence electrons. The molecule has 0 atom stereocenters. The number of halogens is 1. The average molecular weight is 513 g/mol. The minimum absolute atomic E-state index is 0.276. The second-order valence-electron chi connectivity index (χ2n) is 7.45. The van der Waals surface area contributed by atoms with Gasteiger partial charge in [0, 0.05) is 27.6 Å². The summed E-state index contributed by atoms with van der Waals surface area (Å²) < 4.78 is 33.4. The normalized spacial score (nSPS) is 15.6. The molecule has 4 rings (SSSR count). The van der Waals surface area contributed by atoms with Crippen molar-refractivity contribution in [1.29, 1.82) is 0 Å². The van der Waals surface area contributed by atoms with Crippen LogP contribution in [0.15, 0.2) is 94.7 Å². The molecule has 0 unspecified atom stereocenters. The summed E-state index contributed by atoms with van der Waals surface area (Å²) in [6.45, 7) is 4.20. The van der Waals surface area contributed by atoms with Crippen molar-refractivity contribution < 1.29 is 18.3 Å². The third-order valence-electron chi connectivity index (χ3n) is 5.47. The summed E-state index contributed by atoms with van der Waals surface area (Å²) in [5.41, 5.74) is 1.95. The summed E-state index contributed by atoms with van der Waals surface area (Å²) in [4.78, 5) is 0. The molecule has 1 aliphatic rings. The Labute approximate surface area is 197 Å². The zero-order valence-corrected chi connectivity index (χ0v) is 20.6. The van der Waals surface area contributed by atoms with Gasteiger partial charge in [0.1, 0.15) is 5.76 Å². The Morgan fingerprint density at radius 1 is 0.844 bits per heavy atom. The van der Waals surface area contributed by atoms with Gasteiger partial charge in [0.2, 0.25) is 0 Å².